The molecule has 1 N–H and O–H groups in total. The summed E-state index contributed by atoms with van der Waals surface area (Å²) in [6.07, 6.45) is 3.18. The van der Waals surface area contributed by atoms with Crippen molar-refractivity contribution in [1.29, 1.82) is 0 Å². The number of carbonyl (C=O) groups is 1. The lowest BCUT2D eigenvalue weighted by molar-refractivity contribution is 0.0934. The molecule has 120 valence electrons. The summed E-state index contributed by atoms with van der Waals surface area (Å²) in [5, 5.41) is 3.59. The monoisotopic (exact) mass is 332 g/mol. The zero-order valence-electron chi connectivity index (χ0n) is 12.7. The van der Waals surface area contributed by atoms with Crippen LogP contribution < -0.4 is 15.6 Å². The minimum Gasteiger partial charge on any atom is -0.493 e. The van der Waals surface area contributed by atoms with Crippen LogP contribution in [-0.2, 0) is 7.05 Å². The second-order valence-electron chi connectivity index (χ2n) is 5.56. The molecule has 0 saturated carbocycles. The number of hydrogen-bond donors (Lipinski definition) is 1. The van der Waals surface area contributed by atoms with Crippen LogP contribution >= 0.6 is 11.6 Å². The van der Waals surface area contributed by atoms with E-state index in [9.17, 15) is 9.59 Å². The molecule has 1 aliphatic heterocycles. The number of nitrogens with zero attached hydrogens (tertiary/aromatic N) is 1. The normalized spacial score (nSPS) is 16.9. The molecule has 1 atom stereocenters. The molecule has 6 heteroatoms. The number of amides is 1. The van der Waals surface area contributed by atoms with E-state index in [1.54, 1.807) is 31.4 Å². The highest BCUT2D eigenvalue weighted by Gasteiger charge is 2.22. The maximum Gasteiger partial charge on any atom is 0.252 e. The number of nitrogens with one attached hydrogen (secondary N) is 1. The molecule has 1 unspecified atom stereocenters. The lowest BCUT2D eigenvalue weighted by Gasteiger charge is -2.18. The number of benzene rings is 1. The van der Waals surface area contributed by atoms with E-state index in [4.69, 9.17) is 16.3 Å². The Morgan fingerprint density at radius 1 is 1.35 bits per heavy atom. The quantitative estimate of drug-likeness (QED) is 0.919. The van der Waals surface area contributed by atoms with Crippen LogP contribution in [0.3, 0.4) is 0 Å². The van der Waals surface area contributed by atoms with Crippen LogP contribution in [0.25, 0.3) is 0 Å². The van der Waals surface area contributed by atoms with Crippen LogP contribution in [-0.4, -0.2) is 17.1 Å². The van der Waals surface area contributed by atoms with E-state index >= 15 is 0 Å². The highest BCUT2D eigenvalue weighted by molar-refractivity contribution is 6.30. The van der Waals surface area contributed by atoms with Crippen LogP contribution in [0.4, 0.5) is 0 Å². The summed E-state index contributed by atoms with van der Waals surface area (Å²) in [5.74, 6) is 0.430. The van der Waals surface area contributed by atoms with Gasteiger partial charge in [-0.1, -0.05) is 17.7 Å². The molecule has 0 aliphatic carbocycles. The Morgan fingerprint density at radius 3 is 2.96 bits per heavy atom. The van der Waals surface area contributed by atoms with Gasteiger partial charge >= 0.3 is 0 Å². The predicted octanol–water partition coefficient (Wildman–Crippen LogP) is 2.68. The summed E-state index contributed by atoms with van der Waals surface area (Å²) in [5.41, 5.74) is 1.05. The third kappa shape index (κ3) is 3.40. The zero-order chi connectivity index (χ0) is 16.4. The molecule has 0 fully saturated rings. The highest BCUT2D eigenvalue weighted by Crippen LogP contribution is 2.33. The van der Waals surface area contributed by atoms with Gasteiger partial charge in [-0.05, 0) is 31.0 Å². The third-order valence-corrected chi connectivity index (χ3v) is 4.15. The number of aryl methyl sites for hydroxylation is 1. The van der Waals surface area contributed by atoms with Crippen molar-refractivity contribution in [3.8, 4) is 5.75 Å². The zero-order valence-corrected chi connectivity index (χ0v) is 13.5. The minimum absolute atomic E-state index is 0.165. The number of hydrogen-bond acceptors (Lipinski definition) is 3. The summed E-state index contributed by atoms with van der Waals surface area (Å²) in [6, 6.07) is 8.23. The maximum atomic E-state index is 12.4. The fourth-order valence-electron chi connectivity index (χ4n) is 2.63. The lowest BCUT2D eigenvalue weighted by Crippen LogP contribution is -2.29. The Kier molecular flexibility index (Phi) is 4.39. The van der Waals surface area contributed by atoms with Gasteiger partial charge in [-0.25, -0.2) is 0 Å². The van der Waals surface area contributed by atoms with Gasteiger partial charge in [0.05, 0.1) is 12.6 Å². The van der Waals surface area contributed by atoms with E-state index in [0.29, 0.717) is 22.9 Å². The van der Waals surface area contributed by atoms with E-state index < -0.39 is 0 Å². The summed E-state index contributed by atoms with van der Waals surface area (Å²) in [7, 11) is 1.65. The average molecular weight is 333 g/mol. The summed E-state index contributed by atoms with van der Waals surface area (Å²) < 4.78 is 7.12. The van der Waals surface area contributed by atoms with Crippen molar-refractivity contribution in [2.45, 2.75) is 18.9 Å². The molecular formula is C17H17ClN2O3. The Hall–Kier alpha value is -2.27. The Balaban J connectivity index is 1.86. The molecule has 0 spiro atoms. The number of halogens is 1. The predicted molar refractivity (Wildman–Crippen MR) is 88.1 cm³/mol. The fraction of sp³-hybridized carbons (Fsp3) is 0.294. The number of pyridine rings is 1. The smallest absolute Gasteiger partial charge is 0.252 e. The molecule has 3 rings (SSSR count). The van der Waals surface area contributed by atoms with Crippen LogP contribution in [0.5, 0.6) is 5.75 Å². The average Bonchev–Trinajstić information content (AvgIpc) is 2.72. The van der Waals surface area contributed by atoms with Gasteiger partial charge in [0.2, 0.25) is 0 Å². The minimum atomic E-state index is -0.268. The van der Waals surface area contributed by atoms with Gasteiger partial charge in [-0.2, -0.15) is 0 Å². The second kappa shape index (κ2) is 6.46. The first kappa shape index (κ1) is 15.6. The molecular weight excluding hydrogens is 316 g/mol. The highest BCUT2D eigenvalue weighted by atomic mass is 35.5. The van der Waals surface area contributed by atoms with Gasteiger partial charge in [-0.15, -0.1) is 0 Å². The van der Waals surface area contributed by atoms with Crippen LogP contribution in [0, 0.1) is 0 Å². The van der Waals surface area contributed by atoms with Gasteiger partial charge in [0, 0.05) is 35.5 Å². The molecule has 5 nitrogen and oxygen atoms in total. The number of aromatic nitrogens is 1. The number of ether oxygens (including phenoxy) is 1. The fourth-order valence-corrected chi connectivity index (χ4v) is 2.79. The summed E-state index contributed by atoms with van der Waals surface area (Å²) >= 11 is 6.01. The second-order valence-corrected chi connectivity index (χ2v) is 6.00. The van der Waals surface area contributed by atoms with Crippen molar-refractivity contribution in [2.24, 2.45) is 7.05 Å². The van der Waals surface area contributed by atoms with E-state index in [2.05, 4.69) is 5.32 Å². The van der Waals surface area contributed by atoms with Gasteiger partial charge in [0.15, 0.2) is 0 Å². The van der Waals surface area contributed by atoms with Crippen molar-refractivity contribution in [1.82, 2.24) is 9.88 Å². The number of rotatable bonds is 2. The lowest BCUT2D eigenvalue weighted by atomic mass is 10.0. The van der Waals surface area contributed by atoms with E-state index in [1.165, 1.54) is 10.6 Å². The first-order valence-corrected chi connectivity index (χ1v) is 7.82. The van der Waals surface area contributed by atoms with Gasteiger partial charge in [0.1, 0.15) is 5.75 Å². The summed E-state index contributed by atoms with van der Waals surface area (Å²) in [4.78, 5) is 24.1. The van der Waals surface area contributed by atoms with E-state index in [1.807, 2.05) is 6.07 Å². The van der Waals surface area contributed by atoms with Crippen molar-refractivity contribution in [3.05, 3.63) is 63.0 Å². The number of carbonyl (C=O) groups excluding carboxylic acids is 1. The molecule has 2 heterocycles. The van der Waals surface area contributed by atoms with Crippen molar-refractivity contribution in [2.75, 3.05) is 6.61 Å². The van der Waals surface area contributed by atoms with Crippen molar-refractivity contribution in [3.63, 3.8) is 0 Å². The van der Waals surface area contributed by atoms with Crippen LogP contribution in [0.2, 0.25) is 5.02 Å². The van der Waals surface area contributed by atoms with Crippen LogP contribution in [0.15, 0.2) is 41.3 Å². The molecule has 23 heavy (non-hydrogen) atoms. The standard InChI is InChI=1S/C17H17ClN2O3/c1-20-7-6-11(9-16(20)21)17(22)19-14-3-2-8-23-15-10-12(18)4-5-13(14)15/h4-7,9-10,14H,2-3,8H2,1H3,(H,19,22). The molecule has 1 amide bonds. The molecule has 1 aromatic carbocycles. The topological polar surface area (TPSA) is 60.3 Å². The number of fused-ring (bicyclic) bond motifs is 1. The maximum absolute atomic E-state index is 12.4. The molecule has 0 radical (unpaired) electrons. The Bertz CT molecular complexity index is 801. The van der Waals surface area contributed by atoms with Gasteiger partial charge < -0.3 is 14.6 Å². The molecule has 0 bridgehead atoms. The molecule has 1 aromatic heterocycles. The van der Waals surface area contributed by atoms with Crippen LogP contribution in [0.1, 0.15) is 34.8 Å². The molecule has 2 aromatic rings. The van der Waals surface area contributed by atoms with Crippen molar-refractivity contribution < 1.29 is 9.53 Å². The molecule has 0 saturated heterocycles. The van der Waals surface area contributed by atoms with Gasteiger partial charge in [-0.3, -0.25) is 9.59 Å². The largest absolute Gasteiger partial charge is 0.493 e. The molecule has 1 aliphatic rings. The van der Waals surface area contributed by atoms with Gasteiger partial charge in [0.25, 0.3) is 11.5 Å². The summed E-state index contributed by atoms with van der Waals surface area (Å²) in [6.45, 7) is 0.589. The first-order valence-electron chi connectivity index (χ1n) is 7.44. The Labute approximate surface area is 138 Å². The van der Waals surface area contributed by atoms with E-state index in [0.717, 1.165) is 18.4 Å². The Morgan fingerprint density at radius 2 is 2.17 bits per heavy atom. The first-order chi connectivity index (χ1) is 11.0. The van der Waals surface area contributed by atoms with Crippen molar-refractivity contribution >= 4 is 17.5 Å². The SMILES string of the molecule is Cn1ccc(C(=O)NC2CCCOc3cc(Cl)ccc32)cc1=O. The van der Waals surface area contributed by atoms with E-state index in [-0.39, 0.29) is 17.5 Å². The third-order valence-electron chi connectivity index (χ3n) is 3.92.